The topological polar surface area (TPSA) is 55.4 Å². The number of rotatable bonds is 22. The molecule has 54 heavy (non-hydrogen) atoms. The molecule has 1 saturated heterocycles. The SMILES string of the molecule is C=CC(CC[C@@H](C[C@@H]1CCC[C@@H](CI)O1)OCc1ccc(OC)cc1)O[Si](C)(C)O[C@@H](CO[Si](c1ccccc1)(c1ccccc1)C(C)(C)C)[C@H](C)C=C. The van der Waals surface area contributed by atoms with Gasteiger partial charge in [-0.1, -0.05) is 135 Å². The van der Waals surface area contributed by atoms with Crippen molar-refractivity contribution >= 4 is 49.8 Å². The number of hydrogen-bond acceptors (Lipinski definition) is 6. The van der Waals surface area contributed by atoms with Gasteiger partial charge in [0.15, 0.2) is 0 Å². The van der Waals surface area contributed by atoms with E-state index in [1.54, 1.807) is 7.11 Å². The highest BCUT2D eigenvalue weighted by Crippen LogP contribution is 2.37. The van der Waals surface area contributed by atoms with Gasteiger partial charge in [0.1, 0.15) is 5.75 Å². The zero-order valence-electron chi connectivity index (χ0n) is 33.8. The molecule has 3 aromatic rings. The first-order valence-electron chi connectivity index (χ1n) is 19.7. The Morgan fingerprint density at radius 3 is 2.00 bits per heavy atom. The molecule has 4 rings (SSSR count). The molecule has 1 aliphatic rings. The summed E-state index contributed by atoms with van der Waals surface area (Å²) < 4.78 is 40.7. The van der Waals surface area contributed by atoms with Crippen molar-refractivity contribution in [1.82, 2.24) is 0 Å². The van der Waals surface area contributed by atoms with Gasteiger partial charge in [0.25, 0.3) is 8.32 Å². The monoisotopic (exact) mass is 884 g/mol. The lowest BCUT2D eigenvalue weighted by Crippen LogP contribution is -2.67. The Morgan fingerprint density at radius 2 is 1.46 bits per heavy atom. The zero-order valence-corrected chi connectivity index (χ0v) is 38.0. The van der Waals surface area contributed by atoms with Gasteiger partial charge in [0.05, 0.1) is 50.8 Å². The van der Waals surface area contributed by atoms with Crippen LogP contribution in [0.3, 0.4) is 0 Å². The molecule has 1 aliphatic heterocycles. The van der Waals surface area contributed by atoms with Gasteiger partial charge in [-0.15, -0.1) is 13.2 Å². The number of halogens is 1. The molecule has 0 aromatic heterocycles. The molecule has 296 valence electrons. The smallest absolute Gasteiger partial charge is 0.332 e. The summed E-state index contributed by atoms with van der Waals surface area (Å²) >= 11 is 2.44. The number of benzene rings is 3. The normalized spacial score (nSPS) is 19.0. The van der Waals surface area contributed by atoms with Crippen molar-refractivity contribution in [2.45, 2.75) is 121 Å². The Balaban J connectivity index is 1.47. The maximum absolute atomic E-state index is 7.35. The summed E-state index contributed by atoms with van der Waals surface area (Å²) in [5.74, 6) is 0.897. The molecule has 1 fully saturated rings. The predicted octanol–water partition coefficient (Wildman–Crippen LogP) is 10.2. The second-order valence-corrected chi connectivity index (χ2v) is 24.5. The molecule has 0 radical (unpaired) electrons. The molecule has 0 amide bonds. The van der Waals surface area contributed by atoms with Gasteiger partial charge in [0, 0.05) is 10.3 Å². The third-order valence-electron chi connectivity index (χ3n) is 10.5. The number of hydrogen-bond donors (Lipinski definition) is 0. The quantitative estimate of drug-likeness (QED) is 0.0434. The molecule has 9 heteroatoms. The van der Waals surface area contributed by atoms with E-state index >= 15 is 0 Å². The van der Waals surface area contributed by atoms with Gasteiger partial charge in [-0.3, -0.25) is 0 Å². The summed E-state index contributed by atoms with van der Waals surface area (Å²) in [6.45, 7) is 22.6. The van der Waals surface area contributed by atoms with E-state index in [1.807, 2.05) is 24.3 Å². The van der Waals surface area contributed by atoms with Crippen molar-refractivity contribution in [1.29, 1.82) is 0 Å². The van der Waals surface area contributed by atoms with Crippen LogP contribution in [0.25, 0.3) is 0 Å². The first-order chi connectivity index (χ1) is 25.8. The fourth-order valence-corrected chi connectivity index (χ4v) is 14.7. The maximum atomic E-state index is 7.35. The van der Waals surface area contributed by atoms with Crippen LogP contribution in [0, 0.1) is 5.92 Å². The third kappa shape index (κ3) is 12.7. The minimum Gasteiger partial charge on any atom is -0.497 e. The molecule has 0 bridgehead atoms. The van der Waals surface area contributed by atoms with Crippen molar-refractivity contribution in [3.8, 4) is 5.75 Å². The van der Waals surface area contributed by atoms with Crippen LogP contribution < -0.4 is 15.1 Å². The van der Waals surface area contributed by atoms with Crippen LogP contribution in [0.4, 0.5) is 0 Å². The Kier molecular flexibility index (Phi) is 17.7. The first kappa shape index (κ1) is 44.6. The highest BCUT2D eigenvalue weighted by Gasteiger charge is 2.51. The molecule has 6 nitrogen and oxygen atoms in total. The Hall–Kier alpha value is -2.10. The highest BCUT2D eigenvalue weighted by molar-refractivity contribution is 14.1. The average Bonchev–Trinajstić information content (AvgIpc) is 3.18. The molecule has 3 aromatic carbocycles. The second kappa shape index (κ2) is 21.4. The third-order valence-corrected chi connectivity index (χ3v) is 18.3. The fraction of sp³-hybridized carbons (Fsp3) is 0.511. The molecular weight excluding hydrogens is 820 g/mol. The number of alkyl halides is 1. The summed E-state index contributed by atoms with van der Waals surface area (Å²) in [5, 5.41) is 2.36. The zero-order chi connectivity index (χ0) is 39.2. The van der Waals surface area contributed by atoms with E-state index in [4.69, 9.17) is 27.5 Å². The fourth-order valence-electron chi connectivity index (χ4n) is 7.51. The van der Waals surface area contributed by atoms with Gasteiger partial charge in [-0.25, -0.2) is 0 Å². The highest BCUT2D eigenvalue weighted by atomic mass is 127. The number of ether oxygens (including phenoxy) is 3. The van der Waals surface area contributed by atoms with Gasteiger partial charge in [-0.05, 0) is 84.7 Å². The molecule has 1 unspecified atom stereocenters. The molecule has 0 N–H and O–H groups in total. The van der Waals surface area contributed by atoms with Crippen molar-refractivity contribution < 1.29 is 27.5 Å². The van der Waals surface area contributed by atoms with Crippen LogP contribution in [0.5, 0.6) is 5.75 Å². The van der Waals surface area contributed by atoms with E-state index < -0.39 is 16.9 Å². The molecule has 0 saturated carbocycles. The van der Waals surface area contributed by atoms with Crippen LogP contribution in [-0.4, -0.2) is 65.5 Å². The minimum absolute atomic E-state index is 0.0233. The van der Waals surface area contributed by atoms with E-state index in [9.17, 15) is 0 Å². The van der Waals surface area contributed by atoms with Crippen molar-refractivity contribution in [2.75, 3.05) is 18.1 Å². The van der Waals surface area contributed by atoms with E-state index in [-0.39, 0.29) is 35.4 Å². The van der Waals surface area contributed by atoms with Gasteiger partial charge >= 0.3 is 8.56 Å². The van der Waals surface area contributed by atoms with E-state index in [1.165, 1.54) is 16.8 Å². The molecule has 0 aliphatic carbocycles. The lowest BCUT2D eigenvalue weighted by Gasteiger charge is -2.44. The maximum Gasteiger partial charge on any atom is 0.332 e. The summed E-state index contributed by atoms with van der Waals surface area (Å²) in [6.07, 6.45) is 9.91. The number of methoxy groups -OCH3 is 1. The average molecular weight is 885 g/mol. The molecule has 1 heterocycles. The Labute approximate surface area is 342 Å². The molecular formula is C45H65IO6Si2. The Morgan fingerprint density at radius 1 is 0.852 bits per heavy atom. The van der Waals surface area contributed by atoms with E-state index in [2.05, 4.69) is 149 Å². The minimum atomic E-state index is -2.76. The molecule has 6 atom stereocenters. The summed E-state index contributed by atoms with van der Waals surface area (Å²) in [5.41, 5.74) is 1.12. The standard InChI is InChI=1S/C45H65IO6Si2/c1-10-35(3)44(34-49-54(45(4,5)6,42-21-14-12-15-22-42)43-23-16-13-17-24-43)52-53(8,9)51-37(11-2)29-30-39(31-40-19-18-20-41(32-46)50-40)48-33-36-25-27-38(47-7)28-26-36/h10-17,21-28,35,37,39-41,44H,1-2,18-20,29-34H2,3-9H3/t35-,37?,39+,40+,41+,44+/m1/s1. The van der Waals surface area contributed by atoms with Gasteiger partial charge in [0.2, 0.25) is 0 Å². The molecule has 0 spiro atoms. The van der Waals surface area contributed by atoms with Crippen molar-refractivity contribution in [2.24, 2.45) is 5.92 Å². The van der Waals surface area contributed by atoms with Crippen LogP contribution in [-0.2, 0) is 29.4 Å². The van der Waals surface area contributed by atoms with Gasteiger partial charge < -0.3 is 27.5 Å². The summed E-state index contributed by atoms with van der Waals surface area (Å²) in [6, 6.07) is 29.6. The van der Waals surface area contributed by atoms with Crippen LogP contribution in [0.2, 0.25) is 18.1 Å². The lowest BCUT2D eigenvalue weighted by molar-refractivity contribution is -0.0746. The second-order valence-electron chi connectivity index (χ2n) is 16.1. The van der Waals surface area contributed by atoms with E-state index in [0.29, 0.717) is 19.3 Å². The van der Waals surface area contributed by atoms with Crippen LogP contribution >= 0.6 is 22.6 Å². The summed E-state index contributed by atoms with van der Waals surface area (Å²) in [7, 11) is -3.77. The Bertz CT molecular complexity index is 1490. The summed E-state index contributed by atoms with van der Waals surface area (Å²) in [4.78, 5) is 0. The van der Waals surface area contributed by atoms with Crippen LogP contribution in [0.1, 0.15) is 71.8 Å². The van der Waals surface area contributed by atoms with E-state index in [0.717, 1.165) is 47.8 Å². The van der Waals surface area contributed by atoms with Crippen molar-refractivity contribution in [3.05, 3.63) is 116 Å². The largest absolute Gasteiger partial charge is 0.497 e. The van der Waals surface area contributed by atoms with Gasteiger partial charge in [-0.2, -0.15) is 0 Å². The van der Waals surface area contributed by atoms with Crippen molar-refractivity contribution in [3.63, 3.8) is 0 Å². The van der Waals surface area contributed by atoms with Crippen LogP contribution in [0.15, 0.2) is 110 Å². The predicted molar refractivity (Wildman–Crippen MR) is 237 cm³/mol. The lowest BCUT2D eigenvalue weighted by atomic mass is 9.97. The first-order valence-corrected chi connectivity index (χ1v) is 25.9.